The van der Waals surface area contributed by atoms with E-state index >= 15 is 0 Å². The number of fused-ring (bicyclic) bond motifs is 2. The summed E-state index contributed by atoms with van der Waals surface area (Å²) in [6, 6.07) is 14.6. The van der Waals surface area contributed by atoms with Gasteiger partial charge in [-0.2, -0.15) is 5.10 Å². The van der Waals surface area contributed by atoms with E-state index in [2.05, 4.69) is 15.8 Å². The van der Waals surface area contributed by atoms with Crippen molar-refractivity contribution in [2.24, 2.45) is 5.10 Å². The Morgan fingerprint density at radius 1 is 1.13 bits per heavy atom. The summed E-state index contributed by atoms with van der Waals surface area (Å²) in [4.78, 5) is 26.9. The Hall–Kier alpha value is -4.20. The van der Waals surface area contributed by atoms with Gasteiger partial charge in [0.2, 0.25) is 0 Å². The van der Waals surface area contributed by atoms with Crippen LogP contribution in [0.15, 0.2) is 92.8 Å². The van der Waals surface area contributed by atoms with Crippen LogP contribution in [0.4, 0.5) is 10.1 Å². The van der Waals surface area contributed by atoms with Crippen LogP contribution in [0.3, 0.4) is 0 Å². The van der Waals surface area contributed by atoms with Gasteiger partial charge >= 0.3 is 5.63 Å². The average molecular weight is 402 g/mol. The van der Waals surface area contributed by atoms with Gasteiger partial charge in [0.25, 0.3) is 5.91 Å². The van der Waals surface area contributed by atoms with Crippen LogP contribution in [0.2, 0.25) is 0 Å². The topological polar surface area (TPSA) is 86.9 Å². The molecule has 1 amide bonds. The number of nitrogens with zero attached hydrogens (tertiary/aromatic N) is 2. The van der Waals surface area contributed by atoms with E-state index in [1.54, 1.807) is 47.5 Å². The van der Waals surface area contributed by atoms with Crippen LogP contribution in [-0.2, 0) is 4.79 Å². The quantitative estimate of drug-likeness (QED) is 0.657. The van der Waals surface area contributed by atoms with E-state index in [0.29, 0.717) is 28.2 Å². The van der Waals surface area contributed by atoms with Crippen LogP contribution in [0.1, 0.15) is 11.7 Å². The maximum atomic E-state index is 13.4. The summed E-state index contributed by atoms with van der Waals surface area (Å²) in [6.45, 7) is 0. The lowest BCUT2D eigenvalue weighted by molar-refractivity contribution is -0.112. The third kappa shape index (κ3) is 3.14. The first-order valence-electron chi connectivity index (χ1n) is 9.20. The van der Waals surface area contributed by atoms with Gasteiger partial charge in [0, 0.05) is 17.3 Å². The standard InChI is InChI=1S/C22H15FN4O3/c23-15-5-3-6-16(11-15)24-21(28)14-8-9-19-25-26-20(27(19)12-14)17-10-13-4-1-2-7-18(13)30-22(17)29/h1-12,20,26H,(H,24,28)/t20-/m0/s1. The number of anilines is 1. The van der Waals surface area contributed by atoms with Crippen LogP contribution in [0.5, 0.6) is 0 Å². The fourth-order valence-electron chi connectivity index (χ4n) is 3.39. The zero-order valence-electron chi connectivity index (χ0n) is 15.5. The summed E-state index contributed by atoms with van der Waals surface area (Å²) in [5, 5.41) is 7.66. The molecule has 0 spiro atoms. The van der Waals surface area contributed by atoms with Crippen molar-refractivity contribution in [3.8, 4) is 0 Å². The number of carbonyl (C=O) groups excluding carboxylic acids is 1. The van der Waals surface area contributed by atoms with Gasteiger partial charge in [0.05, 0.1) is 11.1 Å². The van der Waals surface area contributed by atoms with Crippen molar-refractivity contribution in [3.05, 3.63) is 100 Å². The van der Waals surface area contributed by atoms with E-state index in [1.165, 1.54) is 18.2 Å². The molecule has 0 radical (unpaired) electrons. The summed E-state index contributed by atoms with van der Waals surface area (Å²) in [6.07, 6.45) is 4.24. The molecule has 1 aromatic heterocycles. The Bertz CT molecular complexity index is 1330. The molecule has 0 fully saturated rings. The summed E-state index contributed by atoms with van der Waals surface area (Å²) >= 11 is 0. The molecule has 0 saturated carbocycles. The number of hydrogen-bond acceptors (Lipinski definition) is 6. The summed E-state index contributed by atoms with van der Waals surface area (Å²) in [5.41, 5.74) is 3.96. The summed E-state index contributed by atoms with van der Waals surface area (Å²) in [7, 11) is 0. The molecule has 3 aromatic rings. The Morgan fingerprint density at radius 2 is 2.00 bits per heavy atom. The van der Waals surface area contributed by atoms with Gasteiger partial charge in [-0.15, -0.1) is 0 Å². The van der Waals surface area contributed by atoms with Crippen molar-refractivity contribution in [2.75, 3.05) is 5.32 Å². The first kappa shape index (κ1) is 17.9. The van der Waals surface area contributed by atoms with Crippen LogP contribution in [-0.4, -0.2) is 16.6 Å². The molecule has 7 nitrogen and oxygen atoms in total. The molecular formula is C22H15FN4O3. The molecule has 0 unspecified atom stereocenters. The van der Waals surface area contributed by atoms with E-state index in [-0.39, 0.29) is 0 Å². The van der Waals surface area contributed by atoms with Gasteiger partial charge in [-0.05, 0) is 42.5 Å². The second-order valence-corrected chi connectivity index (χ2v) is 6.82. The number of amides is 1. The molecule has 30 heavy (non-hydrogen) atoms. The Labute approximate surface area is 169 Å². The zero-order valence-corrected chi connectivity index (χ0v) is 15.5. The SMILES string of the molecule is O=C(Nc1cccc(F)c1)C1=CN2C(=NN[C@@H]2c2cc3ccccc3oc2=O)C=C1. The lowest BCUT2D eigenvalue weighted by atomic mass is 10.1. The number of benzene rings is 2. The van der Waals surface area contributed by atoms with E-state index < -0.39 is 23.5 Å². The molecule has 148 valence electrons. The van der Waals surface area contributed by atoms with E-state index in [9.17, 15) is 14.0 Å². The molecule has 2 aliphatic heterocycles. The van der Waals surface area contributed by atoms with Gasteiger partial charge in [-0.1, -0.05) is 24.3 Å². The van der Waals surface area contributed by atoms with Crippen molar-refractivity contribution in [2.45, 2.75) is 6.17 Å². The fraction of sp³-hybridized carbons (Fsp3) is 0.0455. The normalized spacial score (nSPS) is 17.2. The van der Waals surface area contributed by atoms with Gasteiger partial charge in [0.15, 0.2) is 12.0 Å². The van der Waals surface area contributed by atoms with Crippen molar-refractivity contribution in [3.63, 3.8) is 0 Å². The van der Waals surface area contributed by atoms with Crippen molar-refractivity contribution in [1.82, 2.24) is 10.3 Å². The largest absolute Gasteiger partial charge is 0.422 e. The highest BCUT2D eigenvalue weighted by atomic mass is 19.1. The zero-order chi connectivity index (χ0) is 20.7. The third-order valence-corrected chi connectivity index (χ3v) is 4.84. The minimum atomic E-state index is -0.622. The summed E-state index contributed by atoms with van der Waals surface area (Å²) in [5.74, 6) is -0.302. The highest BCUT2D eigenvalue weighted by Gasteiger charge is 2.32. The first-order chi connectivity index (χ1) is 14.6. The molecule has 0 bridgehead atoms. The number of hydrazone groups is 1. The number of nitrogens with one attached hydrogen (secondary N) is 2. The fourth-order valence-corrected chi connectivity index (χ4v) is 3.39. The smallest absolute Gasteiger partial charge is 0.343 e. The highest BCUT2D eigenvalue weighted by molar-refractivity contribution is 6.09. The molecule has 2 N–H and O–H groups in total. The Kier molecular flexibility index (Phi) is 4.17. The minimum Gasteiger partial charge on any atom is -0.422 e. The van der Waals surface area contributed by atoms with E-state index in [4.69, 9.17) is 4.42 Å². The van der Waals surface area contributed by atoms with Crippen molar-refractivity contribution in [1.29, 1.82) is 0 Å². The van der Waals surface area contributed by atoms with Gasteiger partial charge < -0.3 is 14.6 Å². The minimum absolute atomic E-state index is 0.331. The lowest BCUT2D eigenvalue weighted by Crippen LogP contribution is -2.34. The molecule has 5 rings (SSSR count). The molecule has 1 atom stereocenters. The highest BCUT2D eigenvalue weighted by Crippen LogP contribution is 2.27. The maximum absolute atomic E-state index is 13.4. The molecular weight excluding hydrogens is 387 g/mol. The maximum Gasteiger partial charge on any atom is 0.343 e. The number of hydrogen-bond donors (Lipinski definition) is 2. The van der Waals surface area contributed by atoms with Crippen LogP contribution in [0.25, 0.3) is 11.0 Å². The number of amidine groups is 1. The molecule has 2 aliphatic rings. The Balaban J connectivity index is 1.45. The Morgan fingerprint density at radius 3 is 2.87 bits per heavy atom. The number of halogens is 1. The van der Waals surface area contributed by atoms with Crippen LogP contribution in [0, 0.1) is 5.82 Å². The second kappa shape index (κ2) is 7.00. The molecule has 3 heterocycles. The molecule has 8 heteroatoms. The predicted molar refractivity (Wildman–Crippen MR) is 110 cm³/mol. The first-order valence-corrected chi connectivity index (χ1v) is 9.20. The lowest BCUT2D eigenvalue weighted by Gasteiger charge is -2.25. The van der Waals surface area contributed by atoms with Crippen LogP contribution < -0.4 is 16.4 Å². The monoisotopic (exact) mass is 402 g/mol. The van der Waals surface area contributed by atoms with Crippen LogP contribution >= 0.6 is 0 Å². The van der Waals surface area contributed by atoms with Gasteiger partial charge in [0.1, 0.15) is 11.4 Å². The van der Waals surface area contributed by atoms with Crippen molar-refractivity contribution < 1.29 is 13.6 Å². The van der Waals surface area contributed by atoms with Crippen molar-refractivity contribution >= 4 is 28.4 Å². The second-order valence-electron chi connectivity index (χ2n) is 6.82. The number of rotatable bonds is 3. The average Bonchev–Trinajstić information content (AvgIpc) is 3.16. The van der Waals surface area contributed by atoms with Gasteiger partial charge in [-0.25, -0.2) is 9.18 Å². The van der Waals surface area contributed by atoms with E-state index in [1.807, 2.05) is 12.1 Å². The number of carbonyl (C=O) groups is 1. The van der Waals surface area contributed by atoms with Gasteiger partial charge in [-0.3, -0.25) is 10.2 Å². The number of para-hydroxylation sites is 1. The predicted octanol–water partition coefficient (Wildman–Crippen LogP) is 3.24. The molecule has 0 saturated heterocycles. The van der Waals surface area contributed by atoms with E-state index in [0.717, 1.165) is 5.39 Å². The molecule has 2 aromatic carbocycles. The summed E-state index contributed by atoms with van der Waals surface area (Å²) < 4.78 is 18.8. The third-order valence-electron chi connectivity index (χ3n) is 4.84. The molecule has 0 aliphatic carbocycles.